The quantitative estimate of drug-likeness (QED) is 0.851. The number of halogens is 1. The molecular weight excluding hydrogens is 318 g/mol. The van der Waals surface area contributed by atoms with Crippen molar-refractivity contribution in [2.75, 3.05) is 6.54 Å². The number of imidazole rings is 1. The maximum absolute atomic E-state index is 9.99. The summed E-state index contributed by atoms with van der Waals surface area (Å²) in [7, 11) is 2.00. The standard InChI is InChI=1S/C15H20BrN3O/c1-3-13(12-10-11(16)4-5-14(12)20)17-7-6-15-18-8-9-19(15)2/h4-5,8-10,13,17,20H,3,6-7H2,1-2H3. The van der Waals surface area contributed by atoms with Crippen LogP contribution in [0, 0.1) is 0 Å². The molecule has 0 amide bonds. The molecule has 0 saturated heterocycles. The van der Waals surface area contributed by atoms with Crippen molar-refractivity contribution in [3.63, 3.8) is 0 Å². The van der Waals surface area contributed by atoms with Gasteiger partial charge in [0.1, 0.15) is 11.6 Å². The number of nitrogens with zero attached hydrogens (tertiary/aromatic N) is 2. The highest BCUT2D eigenvalue weighted by atomic mass is 79.9. The molecule has 0 aliphatic rings. The lowest BCUT2D eigenvalue weighted by Crippen LogP contribution is -2.24. The van der Waals surface area contributed by atoms with Crippen LogP contribution < -0.4 is 5.32 Å². The Morgan fingerprint density at radius 3 is 2.90 bits per heavy atom. The molecule has 0 bridgehead atoms. The van der Waals surface area contributed by atoms with E-state index in [1.165, 1.54) is 0 Å². The van der Waals surface area contributed by atoms with Crippen LogP contribution in [0.15, 0.2) is 35.1 Å². The Bertz CT molecular complexity index is 568. The molecule has 1 aromatic carbocycles. The monoisotopic (exact) mass is 337 g/mol. The molecule has 1 unspecified atom stereocenters. The minimum absolute atomic E-state index is 0.146. The molecule has 2 N–H and O–H groups in total. The lowest BCUT2D eigenvalue weighted by atomic mass is 10.0. The molecule has 20 heavy (non-hydrogen) atoms. The number of aromatic hydroxyl groups is 1. The van der Waals surface area contributed by atoms with Gasteiger partial charge in [-0.2, -0.15) is 0 Å². The highest BCUT2D eigenvalue weighted by Gasteiger charge is 2.13. The van der Waals surface area contributed by atoms with E-state index in [-0.39, 0.29) is 6.04 Å². The molecule has 1 heterocycles. The zero-order valence-electron chi connectivity index (χ0n) is 11.8. The number of aromatic nitrogens is 2. The maximum Gasteiger partial charge on any atom is 0.120 e. The predicted molar refractivity (Wildman–Crippen MR) is 83.8 cm³/mol. The van der Waals surface area contributed by atoms with Crippen LogP contribution in [0.25, 0.3) is 0 Å². The summed E-state index contributed by atoms with van der Waals surface area (Å²) in [4.78, 5) is 4.31. The molecule has 0 aliphatic carbocycles. The molecular formula is C15H20BrN3O. The van der Waals surface area contributed by atoms with Gasteiger partial charge in [-0.1, -0.05) is 22.9 Å². The van der Waals surface area contributed by atoms with Gasteiger partial charge in [0.15, 0.2) is 0 Å². The average molecular weight is 338 g/mol. The SMILES string of the molecule is CCC(NCCc1nccn1C)c1cc(Br)ccc1O. The van der Waals surface area contributed by atoms with Crippen molar-refractivity contribution >= 4 is 15.9 Å². The third kappa shape index (κ3) is 3.61. The van der Waals surface area contributed by atoms with Gasteiger partial charge in [-0.05, 0) is 24.6 Å². The first kappa shape index (κ1) is 15.1. The van der Waals surface area contributed by atoms with E-state index < -0.39 is 0 Å². The maximum atomic E-state index is 9.99. The lowest BCUT2D eigenvalue weighted by molar-refractivity contribution is 0.441. The Balaban J connectivity index is 1.99. The Labute approximate surface area is 128 Å². The fourth-order valence-corrected chi connectivity index (χ4v) is 2.65. The molecule has 2 rings (SSSR count). The number of phenolic OH excluding ortho intramolecular Hbond substituents is 1. The van der Waals surface area contributed by atoms with Crippen LogP contribution >= 0.6 is 15.9 Å². The van der Waals surface area contributed by atoms with Gasteiger partial charge in [0.05, 0.1) is 0 Å². The zero-order chi connectivity index (χ0) is 14.5. The van der Waals surface area contributed by atoms with Crippen LogP contribution in [0.4, 0.5) is 0 Å². The van der Waals surface area contributed by atoms with Gasteiger partial charge in [-0.3, -0.25) is 0 Å². The van der Waals surface area contributed by atoms with Gasteiger partial charge in [0, 0.05) is 48.5 Å². The van der Waals surface area contributed by atoms with Crippen LogP contribution in [-0.4, -0.2) is 21.2 Å². The molecule has 2 aromatic rings. The van der Waals surface area contributed by atoms with Crippen molar-refractivity contribution in [3.05, 3.63) is 46.5 Å². The van der Waals surface area contributed by atoms with E-state index in [4.69, 9.17) is 0 Å². The normalized spacial score (nSPS) is 12.6. The smallest absolute Gasteiger partial charge is 0.120 e. The molecule has 5 heteroatoms. The number of hydrogen-bond acceptors (Lipinski definition) is 3. The van der Waals surface area contributed by atoms with E-state index in [0.717, 1.165) is 35.2 Å². The second-order valence-electron chi connectivity index (χ2n) is 4.82. The molecule has 1 aromatic heterocycles. The number of nitrogens with one attached hydrogen (secondary N) is 1. The Hall–Kier alpha value is -1.33. The van der Waals surface area contributed by atoms with Gasteiger partial charge in [-0.25, -0.2) is 4.98 Å². The molecule has 0 fully saturated rings. The minimum Gasteiger partial charge on any atom is -0.508 e. The van der Waals surface area contributed by atoms with Gasteiger partial charge in [0.25, 0.3) is 0 Å². The van der Waals surface area contributed by atoms with Crippen LogP contribution in [-0.2, 0) is 13.5 Å². The first-order chi connectivity index (χ1) is 9.61. The van der Waals surface area contributed by atoms with Gasteiger partial charge in [-0.15, -0.1) is 0 Å². The van der Waals surface area contributed by atoms with E-state index >= 15 is 0 Å². The first-order valence-corrected chi connectivity index (χ1v) is 7.59. The summed E-state index contributed by atoms with van der Waals surface area (Å²) in [5.41, 5.74) is 0.932. The molecule has 108 valence electrons. The summed E-state index contributed by atoms with van der Waals surface area (Å²) in [5.74, 6) is 1.40. The number of aryl methyl sites for hydroxylation is 1. The molecule has 0 aliphatic heterocycles. The topological polar surface area (TPSA) is 50.1 Å². The lowest BCUT2D eigenvalue weighted by Gasteiger charge is -2.19. The van der Waals surface area contributed by atoms with Crippen LogP contribution in [0.5, 0.6) is 5.75 Å². The van der Waals surface area contributed by atoms with E-state index in [1.807, 2.05) is 36.1 Å². The third-order valence-corrected chi connectivity index (χ3v) is 3.93. The number of phenols is 1. The number of hydrogen-bond donors (Lipinski definition) is 2. The highest BCUT2D eigenvalue weighted by molar-refractivity contribution is 9.10. The fourth-order valence-electron chi connectivity index (χ4n) is 2.27. The van der Waals surface area contributed by atoms with Crippen molar-refractivity contribution < 1.29 is 5.11 Å². The van der Waals surface area contributed by atoms with Crippen LogP contribution in [0.3, 0.4) is 0 Å². The van der Waals surface area contributed by atoms with Crippen molar-refractivity contribution in [2.45, 2.75) is 25.8 Å². The summed E-state index contributed by atoms with van der Waals surface area (Å²) in [6, 6.07) is 5.69. The van der Waals surface area contributed by atoms with E-state index in [1.54, 1.807) is 6.07 Å². The molecule has 0 saturated carbocycles. The van der Waals surface area contributed by atoms with Gasteiger partial charge >= 0.3 is 0 Å². The minimum atomic E-state index is 0.146. The summed E-state index contributed by atoms with van der Waals surface area (Å²) in [5, 5.41) is 13.5. The second kappa shape index (κ2) is 6.90. The summed E-state index contributed by atoms with van der Waals surface area (Å²) < 4.78 is 3.01. The van der Waals surface area contributed by atoms with Gasteiger partial charge in [0.2, 0.25) is 0 Å². The Morgan fingerprint density at radius 2 is 2.25 bits per heavy atom. The summed E-state index contributed by atoms with van der Waals surface area (Å²) >= 11 is 3.45. The molecule has 0 spiro atoms. The molecule has 1 atom stereocenters. The van der Waals surface area contributed by atoms with E-state index in [9.17, 15) is 5.11 Å². The average Bonchev–Trinajstić information content (AvgIpc) is 2.84. The summed E-state index contributed by atoms with van der Waals surface area (Å²) in [6.07, 6.45) is 5.55. The third-order valence-electron chi connectivity index (χ3n) is 3.43. The molecule has 4 nitrogen and oxygen atoms in total. The predicted octanol–water partition coefficient (Wildman–Crippen LogP) is 3.17. The van der Waals surface area contributed by atoms with Crippen LogP contribution in [0.2, 0.25) is 0 Å². The molecule has 0 radical (unpaired) electrons. The Kier molecular flexibility index (Phi) is 5.20. The number of rotatable bonds is 6. The van der Waals surface area contributed by atoms with Crippen molar-refractivity contribution in [1.82, 2.24) is 14.9 Å². The highest BCUT2D eigenvalue weighted by Crippen LogP contribution is 2.29. The largest absolute Gasteiger partial charge is 0.508 e. The second-order valence-corrected chi connectivity index (χ2v) is 5.74. The number of benzene rings is 1. The summed E-state index contributed by atoms with van der Waals surface area (Å²) in [6.45, 7) is 2.94. The van der Waals surface area contributed by atoms with Crippen molar-refractivity contribution in [3.8, 4) is 5.75 Å². The van der Waals surface area contributed by atoms with Crippen molar-refractivity contribution in [2.24, 2.45) is 7.05 Å². The van der Waals surface area contributed by atoms with Crippen LogP contribution in [0.1, 0.15) is 30.8 Å². The van der Waals surface area contributed by atoms with E-state index in [2.05, 4.69) is 33.2 Å². The zero-order valence-corrected chi connectivity index (χ0v) is 13.4. The van der Waals surface area contributed by atoms with Gasteiger partial charge < -0.3 is 15.0 Å². The Morgan fingerprint density at radius 1 is 1.45 bits per heavy atom. The first-order valence-electron chi connectivity index (χ1n) is 6.79. The van der Waals surface area contributed by atoms with Crippen molar-refractivity contribution in [1.29, 1.82) is 0 Å². The van der Waals surface area contributed by atoms with E-state index in [0.29, 0.717) is 5.75 Å². The fraction of sp³-hybridized carbons (Fsp3) is 0.400.